The topological polar surface area (TPSA) is 75.3 Å². The summed E-state index contributed by atoms with van der Waals surface area (Å²) in [7, 11) is -3.47. The fraction of sp³-hybridized carbons (Fsp3) is 0.462. The molecular weight excluding hydrogens is 283 g/mol. The fourth-order valence-electron chi connectivity index (χ4n) is 1.70. The maximum Gasteiger partial charge on any atom is 0.221 e. The zero-order valence-electron chi connectivity index (χ0n) is 11.5. The van der Waals surface area contributed by atoms with Gasteiger partial charge in [-0.25, -0.2) is 17.5 Å². The highest BCUT2D eigenvalue weighted by molar-refractivity contribution is 7.88. The first kappa shape index (κ1) is 16.6. The molecule has 1 aromatic rings. The molecule has 112 valence electrons. The van der Waals surface area contributed by atoms with Gasteiger partial charge in [0, 0.05) is 13.0 Å². The number of amides is 1. The number of hydrogen-bond acceptors (Lipinski definition) is 3. The molecule has 5 nitrogen and oxygen atoms in total. The summed E-state index contributed by atoms with van der Waals surface area (Å²) in [6.45, 7) is 2.46. The summed E-state index contributed by atoms with van der Waals surface area (Å²) in [4.78, 5) is 11.7. The van der Waals surface area contributed by atoms with Crippen molar-refractivity contribution in [1.82, 2.24) is 10.0 Å². The van der Waals surface area contributed by atoms with Crippen molar-refractivity contribution in [2.45, 2.75) is 25.8 Å². The van der Waals surface area contributed by atoms with Gasteiger partial charge in [-0.1, -0.05) is 19.1 Å². The van der Waals surface area contributed by atoms with Gasteiger partial charge in [0.05, 0.1) is 12.3 Å². The molecule has 0 bridgehead atoms. The lowest BCUT2D eigenvalue weighted by Gasteiger charge is -2.17. The molecule has 0 aliphatic rings. The predicted octanol–water partition coefficient (Wildman–Crippen LogP) is 1.33. The van der Waals surface area contributed by atoms with Gasteiger partial charge in [0.25, 0.3) is 0 Å². The molecule has 1 aromatic carbocycles. The van der Waals surface area contributed by atoms with Gasteiger partial charge >= 0.3 is 0 Å². The molecule has 0 spiro atoms. The molecule has 1 unspecified atom stereocenters. The Morgan fingerprint density at radius 2 is 1.90 bits per heavy atom. The highest BCUT2D eigenvalue weighted by Crippen LogP contribution is 2.18. The van der Waals surface area contributed by atoms with E-state index in [1.54, 1.807) is 0 Å². The molecule has 0 aromatic heterocycles. The molecule has 0 aliphatic heterocycles. The Hall–Kier alpha value is -1.47. The molecule has 2 N–H and O–H groups in total. The molecule has 0 radical (unpaired) electrons. The third kappa shape index (κ3) is 6.12. The van der Waals surface area contributed by atoms with Gasteiger partial charge < -0.3 is 5.32 Å². The van der Waals surface area contributed by atoms with E-state index in [1.807, 2.05) is 6.92 Å². The number of rotatable bonds is 7. The van der Waals surface area contributed by atoms with Crippen LogP contribution in [0.2, 0.25) is 0 Å². The molecule has 1 atom stereocenters. The number of nitrogens with one attached hydrogen (secondary N) is 2. The van der Waals surface area contributed by atoms with E-state index >= 15 is 0 Å². The van der Waals surface area contributed by atoms with Crippen molar-refractivity contribution < 1.29 is 17.6 Å². The normalized spacial score (nSPS) is 12.9. The smallest absolute Gasteiger partial charge is 0.221 e. The van der Waals surface area contributed by atoms with Gasteiger partial charge in [0.2, 0.25) is 15.9 Å². The average molecular weight is 302 g/mol. The number of carbonyl (C=O) groups excluding carboxylic acids is 1. The number of hydrogen-bond donors (Lipinski definition) is 2. The number of benzene rings is 1. The zero-order chi connectivity index (χ0) is 15.2. The Kier molecular flexibility index (Phi) is 6.09. The summed E-state index contributed by atoms with van der Waals surface area (Å²) >= 11 is 0. The molecular formula is C13H19FN2O3S. The highest BCUT2D eigenvalue weighted by atomic mass is 32.2. The minimum atomic E-state index is -3.47. The van der Waals surface area contributed by atoms with Gasteiger partial charge in [-0.05, 0) is 24.1 Å². The third-order valence-electron chi connectivity index (χ3n) is 2.59. The van der Waals surface area contributed by atoms with Gasteiger partial charge in [-0.15, -0.1) is 0 Å². The van der Waals surface area contributed by atoms with Crippen LogP contribution in [0.1, 0.15) is 31.4 Å². The van der Waals surface area contributed by atoms with E-state index in [0.717, 1.165) is 12.7 Å². The van der Waals surface area contributed by atoms with E-state index in [9.17, 15) is 17.6 Å². The number of halogens is 1. The van der Waals surface area contributed by atoms with Crippen LogP contribution in [0.5, 0.6) is 0 Å². The van der Waals surface area contributed by atoms with Crippen molar-refractivity contribution in [2.75, 3.05) is 12.8 Å². The summed E-state index contributed by atoms with van der Waals surface area (Å²) in [6, 6.07) is 4.69. The monoisotopic (exact) mass is 302 g/mol. The maximum absolute atomic E-state index is 12.9. The second-order valence-electron chi connectivity index (χ2n) is 4.55. The quantitative estimate of drug-likeness (QED) is 0.798. The molecule has 1 rings (SSSR count). The Bertz CT molecular complexity index is 543. The van der Waals surface area contributed by atoms with Crippen LogP contribution in [0.15, 0.2) is 24.3 Å². The first-order valence-electron chi connectivity index (χ1n) is 6.31. The molecule has 0 aliphatic carbocycles. The lowest BCUT2D eigenvalue weighted by Crippen LogP contribution is -2.33. The molecule has 20 heavy (non-hydrogen) atoms. The first-order valence-corrected chi connectivity index (χ1v) is 8.20. The molecule has 0 fully saturated rings. The highest BCUT2D eigenvalue weighted by Gasteiger charge is 2.19. The largest absolute Gasteiger partial charge is 0.356 e. The van der Waals surface area contributed by atoms with Crippen molar-refractivity contribution in [3.05, 3.63) is 35.6 Å². The summed E-state index contributed by atoms with van der Waals surface area (Å²) in [6.07, 6.45) is 1.79. The summed E-state index contributed by atoms with van der Waals surface area (Å²) in [5, 5.41) is 2.68. The Morgan fingerprint density at radius 1 is 1.30 bits per heavy atom. The van der Waals surface area contributed by atoms with Crippen LogP contribution in [0.3, 0.4) is 0 Å². The van der Waals surface area contributed by atoms with Crippen LogP contribution in [0.25, 0.3) is 0 Å². The molecule has 0 saturated carbocycles. The van der Waals surface area contributed by atoms with Gasteiger partial charge in [0.15, 0.2) is 0 Å². The summed E-state index contributed by atoms with van der Waals surface area (Å²) < 4.78 is 38.0. The first-order chi connectivity index (χ1) is 9.31. The maximum atomic E-state index is 12.9. The summed E-state index contributed by atoms with van der Waals surface area (Å²) in [5.41, 5.74) is 0.545. The van der Waals surface area contributed by atoms with Crippen molar-refractivity contribution in [3.8, 4) is 0 Å². The molecule has 1 amide bonds. The van der Waals surface area contributed by atoms with Crippen molar-refractivity contribution in [3.63, 3.8) is 0 Å². The van der Waals surface area contributed by atoms with Gasteiger partial charge in [0.1, 0.15) is 5.82 Å². The van der Waals surface area contributed by atoms with E-state index in [-0.39, 0.29) is 12.3 Å². The predicted molar refractivity (Wildman–Crippen MR) is 75.0 cm³/mol. The fourth-order valence-corrected chi connectivity index (χ4v) is 2.44. The van der Waals surface area contributed by atoms with Gasteiger partial charge in [-0.2, -0.15) is 0 Å². The third-order valence-corrected chi connectivity index (χ3v) is 3.30. The van der Waals surface area contributed by atoms with E-state index in [2.05, 4.69) is 10.0 Å². The Morgan fingerprint density at radius 3 is 2.40 bits per heavy atom. The van der Waals surface area contributed by atoms with Crippen LogP contribution in [0.4, 0.5) is 4.39 Å². The van der Waals surface area contributed by atoms with Crippen molar-refractivity contribution in [2.24, 2.45) is 0 Å². The van der Waals surface area contributed by atoms with Crippen LogP contribution < -0.4 is 10.0 Å². The van der Waals surface area contributed by atoms with Crippen molar-refractivity contribution in [1.29, 1.82) is 0 Å². The van der Waals surface area contributed by atoms with E-state index in [1.165, 1.54) is 24.3 Å². The van der Waals surface area contributed by atoms with E-state index in [0.29, 0.717) is 12.1 Å². The number of carbonyl (C=O) groups is 1. The van der Waals surface area contributed by atoms with E-state index < -0.39 is 21.9 Å². The second kappa shape index (κ2) is 7.35. The molecule has 0 saturated heterocycles. The van der Waals surface area contributed by atoms with E-state index in [4.69, 9.17) is 0 Å². The SMILES string of the molecule is CCCNC(=O)CC(NS(C)(=O)=O)c1ccc(F)cc1. The lowest BCUT2D eigenvalue weighted by molar-refractivity contribution is -0.121. The van der Waals surface area contributed by atoms with Crippen LogP contribution in [-0.2, 0) is 14.8 Å². The minimum absolute atomic E-state index is 0.0291. The summed E-state index contributed by atoms with van der Waals surface area (Å²) in [5.74, 6) is -0.667. The van der Waals surface area contributed by atoms with Gasteiger partial charge in [-0.3, -0.25) is 4.79 Å². The Labute approximate surface area is 118 Å². The minimum Gasteiger partial charge on any atom is -0.356 e. The average Bonchev–Trinajstić information content (AvgIpc) is 2.35. The molecule has 7 heteroatoms. The van der Waals surface area contributed by atoms with Crippen molar-refractivity contribution >= 4 is 15.9 Å². The van der Waals surface area contributed by atoms with Crippen LogP contribution >= 0.6 is 0 Å². The second-order valence-corrected chi connectivity index (χ2v) is 6.33. The number of sulfonamides is 1. The Balaban J connectivity index is 2.85. The zero-order valence-corrected chi connectivity index (χ0v) is 12.3. The lowest BCUT2D eigenvalue weighted by atomic mass is 10.0. The van der Waals surface area contributed by atoms with Crippen LogP contribution in [0, 0.1) is 5.82 Å². The van der Waals surface area contributed by atoms with Crippen LogP contribution in [-0.4, -0.2) is 27.1 Å². The molecule has 0 heterocycles. The standard InChI is InChI=1S/C13H19FN2O3S/c1-3-8-15-13(17)9-12(16-20(2,18)19)10-4-6-11(14)7-5-10/h4-7,12,16H,3,8-9H2,1-2H3,(H,15,17).